The lowest BCUT2D eigenvalue weighted by molar-refractivity contribution is -0.113. The third-order valence-electron chi connectivity index (χ3n) is 4.01. The van der Waals surface area contributed by atoms with E-state index >= 15 is 0 Å². The number of benzene rings is 2. The predicted molar refractivity (Wildman–Crippen MR) is 107 cm³/mol. The molecule has 0 aliphatic carbocycles. The Morgan fingerprint density at radius 3 is 2.46 bits per heavy atom. The van der Waals surface area contributed by atoms with E-state index < -0.39 is 5.97 Å². The molecular weight excluding hydrogens is 376 g/mol. The van der Waals surface area contributed by atoms with Crippen molar-refractivity contribution in [1.82, 2.24) is 14.8 Å². The second kappa shape index (κ2) is 9.18. The molecule has 144 valence electrons. The van der Waals surface area contributed by atoms with E-state index in [-0.39, 0.29) is 11.7 Å². The highest BCUT2D eigenvalue weighted by Gasteiger charge is 2.13. The number of carbonyl (C=O) groups excluding carboxylic acids is 2. The van der Waals surface area contributed by atoms with Gasteiger partial charge in [-0.25, -0.2) is 4.79 Å². The van der Waals surface area contributed by atoms with E-state index in [0.29, 0.717) is 23.0 Å². The average molecular weight is 396 g/mol. The van der Waals surface area contributed by atoms with E-state index in [2.05, 4.69) is 20.3 Å². The zero-order valence-corrected chi connectivity index (χ0v) is 16.4. The molecule has 3 aromatic rings. The van der Waals surface area contributed by atoms with Crippen LogP contribution in [0.2, 0.25) is 0 Å². The Morgan fingerprint density at radius 1 is 1.07 bits per heavy atom. The van der Waals surface area contributed by atoms with Crippen LogP contribution in [0.3, 0.4) is 0 Å². The lowest BCUT2D eigenvalue weighted by atomic mass is 10.2. The third-order valence-corrected chi connectivity index (χ3v) is 4.97. The van der Waals surface area contributed by atoms with Crippen molar-refractivity contribution in [3.8, 4) is 0 Å². The van der Waals surface area contributed by atoms with Gasteiger partial charge in [0.05, 0.1) is 25.0 Å². The molecule has 0 aliphatic rings. The number of thioether (sulfide) groups is 1. The fourth-order valence-electron chi connectivity index (χ4n) is 2.55. The maximum Gasteiger partial charge on any atom is 0.337 e. The molecule has 0 saturated heterocycles. The summed E-state index contributed by atoms with van der Waals surface area (Å²) in [6.45, 7) is 2.54. The van der Waals surface area contributed by atoms with E-state index in [0.717, 1.165) is 11.4 Å². The molecule has 28 heavy (non-hydrogen) atoms. The Balaban J connectivity index is 1.58. The number of rotatable bonds is 7. The summed E-state index contributed by atoms with van der Waals surface area (Å²) in [6, 6.07) is 16.6. The van der Waals surface area contributed by atoms with Crippen LogP contribution < -0.4 is 5.32 Å². The Kier molecular flexibility index (Phi) is 6.44. The Bertz CT molecular complexity index is 955. The van der Waals surface area contributed by atoms with Crippen molar-refractivity contribution in [2.45, 2.75) is 18.6 Å². The molecule has 1 N–H and O–H groups in total. The van der Waals surface area contributed by atoms with Crippen molar-refractivity contribution in [2.24, 2.45) is 0 Å². The molecule has 0 unspecified atom stereocenters. The first-order valence-corrected chi connectivity index (χ1v) is 9.60. The van der Waals surface area contributed by atoms with Gasteiger partial charge >= 0.3 is 5.97 Å². The SMILES string of the molecule is COC(=O)c1ccc(NC(=O)CSc2nnc(C)n2Cc2ccccc2)cc1. The van der Waals surface area contributed by atoms with Gasteiger partial charge in [0.25, 0.3) is 0 Å². The smallest absolute Gasteiger partial charge is 0.337 e. The van der Waals surface area contributed by atoms with Crippen LogP contribution in [0.1, 0.15) is 21.7 Å². The van der Waals surface area contributed by atoms with Crippen molar-refractivity contribution < 1.29 is 14.3 Å². The minimum absolute atomic E-state index is 0.164. The fraction of sp³-hybridized carbons (Fsp3) is 0.200. The monoisotopic (exact) mass is 396 g/mol. The Hall–Kier alpha value is -3.13. The molecule has 0 radical (unpaired) electrons. The standard InChI is InChI=1S/C20H20N4O3S/c1-14-22-23-20(24(14)12-15-6-4-3-5-7-15)28-13-18(25)21-17-10-8-16(9-11-17)19(26)27-2/h3-11H,12-13H2,1-2H3,(H,21,25). The first-order valence-electron chi connectivity index (χ1n) is 8.61. The molecule has 0 aliphatic heterocycles. The first kappa shape index (κ1) is 19.6. The Morgan fingerprint density at radius 2 is 1.79 bits per heavy atom. The largest absolute Gasteiger partial charge is 0.465 e. The molecule has 1 aromatic heterocycles. The molecule has 0 fully saturated rings. The summed E-state index contributed by atoms with van der Waals surface area (Å²) < 4.78 is 6.64. The number of nitrogens with one attached hydrogen (secondary N) is 1. The molecule has 3 rings (SSSR count). The molecular formula is C20H20N4O3S. The minimum atomic E-state index is -0.415. The van der Waals surface area contributed by atoms with E-state index in [1.807, 2.05) is 41.8 Å². The molecule has 0 bridgehead atoms. The van der Waals surface area contributed by atoms with Crippen LogP contribution in [0.5, 0.6) is 0 Å². The van der Waals surface area contributed by atoms with Crippen LogP contribution in [0.25, 0.3) is 0 Å². The maximum atomic E-state index is 12.3. The normalized spacial score (nSPS) is 10.5. The molecule has 1 heterocycles. The summed E-state index contributed by atoms with van der Waals surface area (Å²) in [5, 5.41) is 11.8. The number of esters is 1. The lowest BCUT2D eigenvalue weighted by Gasteiger charge is -2.09. The molecule has 2 aromatic carbocycles. The number of ether oxygens (including phenoxy) is 1. The highest BCUT2D eigenvalue weighted by molar-refractivity contribution is 7.99. The van der Waals surface area contributed by atoms with Crippen LogP contribution in [0, 0.1) is 6.92 Å². The number of aryl methyl sites for hydroxylation is 1. The summed E-state index contributed by atoms with van der Waals surface area (Å²) in [7, 11) is 1.33. The zero-order valence-electron chi connectivity index (χ0n) is 15.6. The van der Waals surface area contributed by atoms with Crippen molar-refractivity contribution in [3.05, 3.63) is 71.5 Å². The van der Waals surface area contributed by atoms with Gasteiger partial charge in [0.1, 0.15) is 5.82 Å². The van der Waals surface area contributed by atoms with Gasteiger partial charge in [-0.1, -0.05) is 42.1 Å². The van der Waals surface area contributed by atoms with Crippen LogP contribution >= 0.6 is 11.8 Å². The molecule has 8 heteroatoms. The van der Waals surface area contributed by atoms with Gasteiger partial charge in [0.15, 0.2) is 5.16 Å². The number of aromatic nitrogens is 3. The number of anilines is 1. The van der Waals surface area contributed by atoms with Crippen LogP contribution in [0.4, 0.5) is 5.69 Å². The predicted octanol–water partition coefficient (Wildman–Crippen LogP) is 3.15. The van der Waals surface area contributed by atoms with E-state index in [1.165, 1.54) is 18.9 Å². The van der Waals surface area contributed by atoms with E-state index in [4.69, 9.17) is 0 Å². The number of amides is 1. The molecule has 0 spiro atoms. The topological polar surface area (TPSA) is 86.1 Å². The van der Waals surface area contributed by atoms with Crippen molar-refractivity contribution in [2.75, 3.05) is 18.2 Å². The van der Waals surface area contributed by atoms with Crippen molar-refractivity contribution in [1.29, 1.82) is 0 Å². The molecule has 1 amide bonds. The minimum Gasteiger partial charge on any atom is -0.465 e. The summed E-state index contributed by atoms with van der Waals surface area (Å²) in [5.74, 6) is 0.417. The van der Waals surface area contributed by atoms with Gasteiger partial charge in [-0.2, -0.15) is 0 Å². The number of nitrogens with zero attached hydrogens (tertiary/aromatic N) is 3. The van der Waals surface area contributed by atoms with Crippen LogP contribution in [-0.2, 0) is 16.1 Å². The third kappa shape index (κ3) is 4.98. The lowest BCUT2D eigenvalue weighted by Crippen LogP contribution is -2.15. The summed E-state index contributed by atoms with van der Waals surface area (Å²) >= 11 is 1.33. The van der Waals surface area contributed by atoms with Crippen LogP contribution in [-0.4, -0.2) is 39.5 Å². The van der Waals surface area contributed by atoms with E-state index in [9.17, 15) is 9.59 Å². The number of hydrogen-bond donors (Lipinski definition) is 1. The zero-order chi connectivity index (χ0) is 19.9. The summed E-state index contributed by atoms with van der Waals surface area (Å²) in [6.07, 6.45) is 0. The number of methoxy groups -OCH3 is 1. The van der Waals surface area contributed by atoms with Gasteiger partial charge in [-0.15, -0.1) is 10.2 Å². The van der Waals surface area contributed by atoms with Crippen molar-refractivity contribution in [3.63, 3.8) is 0 Å². The van der Waals surface area contributed by atoms with Gasteiger partial charge in [-0.3, -0.25) is 4.79 Å². The van der Waals surface area contributed by atoms with Crippen LogP contribution in [0.15, 0.2) is 59.8 Å². The average Bonchev–Trinajstić information content (AvgIpc) is 3.06. The number of carbonyl (C=O) groups is 2. The van der Waals surface area contributed by atoms with Crippen molar-refractivity contribution >= 4 is 29.3 Å². The number of hydrogen-bond acceptors (Lipinski definition) is 6. The van der Waals surface area contributed by atoms with Gasteiger partial charge in [-0.05, 0) is 36.8 Å². The second-order valence-corrected chi connectivity index (χ2v) is 6.95. The molecule has 0 atom stereocenters. The summed E-state index contributed by atoms with van der Waals surface area (Å²) in [4.78, 5) is 23.7. The maximum absolute atomic E-state index is 12.3. The fourth-order valence-corrected chi connectivity index (χ4v) is 3.33. The summed E-state index contributed by atoms with van der Waals surface area (Å²) in [5.41, 5.74) is 2.18. The van der Waals surface area contributed by atoms with Gasteiger partial charge in [0.2, 0.25) is 5.91 Å². The van der Waals surface area contributed by atoms with E-state index in [1.54, 1.807) is 24.3 Å². The Labute approximate surface area is 167 Å². The molecule has 0 saturated carbocycles. The van der Waals surface area contributed by atoms with Gasteiger partial charge in [0, 0.05) is 5.69 Å². The highest BCUT2D eigenvalue weighted by Crippen LogP contribution is 2.19. The quantitative estimate of drug-likeness (QED) is 0.488. The first-order chi connectivity index (χ1) is 13.6. The molecule has 7 nitrogen and oxygen atoms in total. The highest BCUT2D eigenvalue weighted by atomic mass is 32.2. The second-order valence-electron chi connectivity index (χ2n) is 6.01. The van der Waals surface area contributed by atoms with Gasteiger partial charge < -0.3 is 14.6 Å².